The van der Waals surface area contributed by atoms with Crippen LogP contribution in [0.5, 0.6) is 0 Å². The van der Waals surface area contributed by atoms with Crippen LogP contribution in [0.3, 0.4) is 0 Å². The molecule has 1 fully saturated rings. The number of nitrogens with one attached hydrogen (secondary N) is 2. The molecule has 0 saturated carbocycles. The lowest BCUT2D eigenvalue weighted by atomic mass is 10.0. The Balaban J connectivity index is 1.89. The lowest BCUT2D eigenvalue weighted by Crippen LogP contribution is -2.55. The van der Waals surface area contributed by atoms with Crippen molar-refractivity contribution in [2.45, 2.75) is 18.9 Å². The van der Waals surface area contributed by atoms with Gasteiger partial charge in [-0.05, 0) is 17.5 Å². The number of rotatable bonds is 4. The van der Waals surface area contributed by atoms with Gasteiger partial charge in [-0.3, -0.25) is 0 Å². The Kier molecular flexibility index (Phi) is 3.78. The van der Waals surface area contributed by atoms with E-state index in [1.807, 2.05) is 0 Å². The minimum Gasteiger partial charge on any atom is -0.314 e. The third-order valence-electron chi connectivity index (χ3n) is 2.93. The SMILES string of the molecule is CC(CNC1CNC1)c1ccccc1Br. The first-order valence-electron chi connectivity index (χ1n) is 5.46. The fraction of sp³-hybridized carbons (Fsp3) is 0.500. The van der Waals surface area contributed by atoms with E-state index < -0.39 is 0 Å². The number of benzene rings is 1. The fourth-order valence-corrected chi connectivity index (χ4v) is 2.44. The average Bonchev–Trinajstić information content (AvgIpc) is 2.16. The summed E-state index contributed by atoms with van der Waals surface area (Å²) in [4.78, 5) is 0. The smallest absolute Gasteiger partial charge is 0.0317 e. The molecule has 0 aromatic heterocycles. The van der Waals surface area contributed by atoms with Crippen LogP contribution in [0.15, 0.2) is 28.7 Å². The van der Waals surface area contributed by atoms with Crippen LogP contribution in [0, 0.1) is 0 Å². The van der Waals surface area contributed by atoms with Gasteiger partial charge in [0.05, 0.1) is 0 Å². The zero-order valence-corrected chi connectivity index (χ0v) is 10.5. The van der Waals surface area contributed by atoms with Crippen molar-refractivity contribution in [3.63, 3.8) is 0 Å². The second kappa shape index (κ2) is 5.10. The Morgan fingerprint density at radius 3 is 2.80 bits per heavy atom. The van der Waals surface area contributed by atoms with Gasteiger partial charge in [-0.2, -0.15) is 0 Å². The minimum absolute atomic E-state index is 0.557. The van der Waals surface area contributed by atoms with E-state index in [9.17, 15) is 0 Å². The summed E-state index contributed by atoms with van der Waals surface area (Å²) in [5.41, 5.74) is 1.39. The van der Waals surface area contributed by atoms with Crippen molar-refractivity contribution in [3.05, 3.63) is 34.3 Å². The highest BCUT2D eigenvalue weighted by atomic mass is 79.9. The van der Waals surface area contributed by atoms with E-state index >= 15 is 0 Å². The normalized spacial score (nSPS) is 18.5. The van der Waals surface area contributed by atoms with Crippen LogP contribution in [0.1, 0.15) is 18.4 Å². The molecule has 1 aliphatic rings. The standard InChI is InChI=1S/C12H17BrN2/c1-9(6-15-10-7-14-8-10)11-4-2-3-5-12(11)13/h2-5,9-10,14-15H,6-8H2,1H3. The monoisotopic (exact) mass is 268 g/mol. The van der Waals surface area contributed by atoms with Gasteiger partial charge < -0.3 is 10.6 Å². The van der Waals surface area contributed by atoms with Gasteiger partial charge in [0.25, 0.3) is 0 Å². The first-order chi connectivity index (χ1) is 7.27. The van der Waals surface area contributed by atoms with E-state index in [2.05, 4.69) is 57.8 Å². The molecule has 0 radical (unpaired) electrons. The molecule has 0 spiro atoms. The lowest BCUT2D eigenvalue weighted by Gasteiger charge is -2.29. The van der Waals surface area contributed by atoms with Crippen molar-refractivity contribution in [1.29, 1.82) is 0 Å². The summed E-state index contributed by atoms with van der Waals surface area (Å²) < 4.78 is 1.21. The summed E-state index contributed by atoms with van der Waals surface area (Å²) in [6, 6.07) is 9.13. The summed E-state index contributed by atoms with van der Waals surface area (Å²) in [7, 11) is 0. The Labute approximate surface area is 99.6 Å². The van der Waals surface area contributed by atoms with E-state index in [-0.39, 0.29) is 0 Å². The van der Waals surface area contributed by atoms with Crippen LogP contribution in [0.25, 0.3) is 0 Å². The predicted molar refractivity (Wildman–Crippen MR) is 67.2 cm³/mol. The molecule has 2 nitrogen and oxygen atoms in total. The summed E-state index contributed by atoms with van der Waals surface area (Å²) >= 11 is 3.59. The van der Waals surface area contributed by atoms with E-state index in [1.54, 1.807) is 0 Å². The minimum atomic E-state index is 0.557. The van der Waals surface area contributed by atoms with Gasteiger partial charge in [-0.15, -0.1) is 0 Å². The van der Waals surface area contributed by atoms with Crippen molar-refractivity contribution in [1.82, 2.24) is 10.6 Å². The molecule has 1 aromatic carbocycles. The fourth-order valence-electron chi connectivity index (χ4n) is 1.76. The van der Waals surface area contributed by atoms with Crippen LogP contribution in [-0.2, 0) is 0 Å². The molecule has 2 rings (SSSR count). The largest absolute Gasteiger partial charge is 0.314 e. The maximum atomic E-state index is 3.59. The Hall–Kier alpha value is -0.380. The lowest BCUT2D eigenvalue weighted by molar-refractivity contribution is 0.360. The van der Waals surface area contributed by atoms with Crippen molar-refractivity contribution in [2.75, 3.05) is 19.6 Å². The number of hydrogen-bond acceptors (Lipinski definition) is 2. The molecule has 1 heterocycles. The summed E-state index contributed by atoms with van der Waals surface area (Å²) in [5, 5.41) is 6.83. The highest BCUT2D eigenvalue weighted by molar-refractivity contribution is 9.10. The zero-order chi connectivity index (χ0) is 10.7. The summed E-state index contributed by atoms with van der Waals surface area (Å²) in [6.07, 6.45) is 0. The molecule has 2 N–H and O–H groups in total. The first-order valence-corrected chi connectivity index (χ1v) is 6.25. The quantitative estimate of drug-likeness (QED) is 0.874. The second-order valence-electron chi connectivity index (χ2n) is 4.19. The molecule has 1 aliphatic heterocycles. The summed E-state index contributed by atoms with van der Waals surface area (Å²) in [5.74, 6) is 0.557. The van der Waals surface area contributed by atoms with Crippen molar-refractivity contribution < 1.29 is 0 Å². The van der Waals surface area contributed by atoms with Gasteiger partial charge in [0.15, 0.2) is 0 Å². The van der Waals surface area contributed by atoms with Gasteiger partial charge in [-0.25, -0.2) is 0 Å². The van der Waals surface area contributed by atoms with Gasteiger partial charge >= 0.3 is 0 Å². The topological polar surface area (TPSA) is 24.1 Å². The highest BCUT2D eigenvalue weighted by Gasteiger charge is 2.17. The van der Waals surface area contributed by atoms with E-state index in [0.29, 0.717) is 12.0 Å². The predicted octanol–water partition coefficient (Wildman–Crippen LogP) is 2.11. The molecular formula is C12H17BrN2. The molecular weight excluding hydrogens is 252 g/mol. The van der Waals surface area contributed by atoms with Crippen LogP contribution >= 0.6 is 15.9 Å². The summed E-state index contributed by atoms with van der Waals surface area (Å²) in [6.45, 7) is 5.54. The molecule has 15 heavy (non-hydrogen) atoms. The molecule has 0 amide bonds. The van der Waals surface area contributed by atoms with Gasteiger partial charge in [0.2, 0.25) is 0 Å². The second-order valence-corrected chi connectivity index (χ2v) is 5.04. The third-order valence-corrected chi connectivity index (χ3v) is 3.65. The maximum Gasteiger partial charge on any atom is 0.0317 e. The van der Waals surface area contributed by atoms with E-state index in [0.717, 1.165) is 19.6 Å². The van der Waals surface area contributed by atoms with Crippen LogP contribution in [-0.4, -0.2) is 25.7 Å². The van der Waals surface area contributed by atoms with Crippen LogP contribution in [0.4, 0.5) is 0 Å². The van der Waals surface area contributed by atoms with Crippen molar-refractivity contribution in [2.24, 2.45) is 0 Å². The Morgan fingerprint density at radius 2 is 2.20 bits per heavy atom. The zero-order valence-electron chi connectivity index (χ0n) is 8.96. The van der Waals surface area contributed by atoms with Gasteiger partial charge in [0, 0.05) is 30.1 Å². The van der Waals surface area contributed by atoms with Crippen molar-refractivity contribution in [3.8, 4) is 0 Å². The first kappa shape index (κ1) is 11.1. The molecule has 1 atom stereocenters. The van der Waals surface area contributed by atoms with E-state index in [1.165, 1.54) is 10.0 Å². The molecule has 1 saturated heterocycles. The molecule has 1 unspecified atom stereocenters. The molecule has 0 bridgehead atoms. The molecule has 3 heteroatoms. The Bertz CT molecular complexity index is 323. The Morgan fingerprint density at radius 1 is 1.47 bits per heavy atom. The third kappa shape index (κ3) is 2.80. The van der Waals surface area contributed by atoms with Crippen LogP contribution < -0.4 is 10.6 Å². The average molecular weight is 269 g/mol. The number of hydrogen-bond donors (Lipinski definition) is 2. The molecule has 0 aliphatic carbocycles. The van der Waals surface area contributed by atoms with E-state index in [4.69, 9.17) is 0 Å². The number of halogens is 1. The van der Waals surface area contributed by atoms with Gasteiger partial charge in [0.1, 0.15) is 0 Å². The van der Waals surface area contributed by atoms with Crippen molar-refractivity contribution >= 4 is 15.9 Å². The maximum absolute atomic E-state index is 3.59. The molecule has 82 valence electrons. The molecule has 1 aromatic rings. The highest BCUT2D eigenvalue weighted by Crippen LogP contribution is 2.23. The van der Waals surface area contributed by atoms with Crippen LogP contribution in [0.2, 0.25) is 0 Å². The van der Waals surface area contributed by atoms with Gasteiger partial charge in [-0.1, -0.05) is 41.1 Å².